The number of amides is 1. The van der Waals surface area contributed by atoms with Gasteiger partial charge in [-0.15, -0.1) is 0 Å². The molecule has 1 aliphatic carbocycles. The van der Waals surface area contributed by atoms with Crippen molar-refractivity contribution in [3.8, 4) is 0 Å². The Morgan fingerprint density at radius 2 is 2.04 bits per heavy atom. The van der Waals surface area contributed by atoms with Crippen LogP contribution in [0.3, 0.4) is 0 Å². The van der Waals surface area contributed by atoms with Gasteiger partial charge in [-0.2, -0.15) is 0 Å². The Morgan fingerprint density at radius 3 is 2.62 bits per heavy atom. The summed E-state index contributed by atoms with van der Waals surface area (Å²) in [6.45, 7) is 2.02. The Kier molecular flexibility index (Phi) is 6.53. The Labute approximate surface area is 143 Å². The van der Waals surface area contributed by atoms with Crippen molar-refractivity contribution < 1.29 is 17.9 Å². The number of benzene rings is 1. The average Bonchev–Trinajstić information content (AvgIpc) is 3.00. The second-order valence-electron chi connectivity index (χ2n) is 6.02. The fraction of sp³-hybridized carbons (Fsp3) is 0.471. The van der Waals surface area contributed by atoms with Gasteiger partial charge in [-0.25, -0.2) is 13.1 Å². The minimum absolute atomic E-state index is 0.0611. The van der Waals surface area contributed by atoms with Gasteiger partial charge in [0.05, 0.1) is 11.5 Å². The first-order valence-electron chi connectivity index (χ1n) is 7.98. The predicted octanol–water partition coefficient (Wildman–Crippen LogP) is 2.29. The van der Waals surface area contributed by atoms with E-state index in [1.54, 1.807) is 19.1 Å². The smallest absolute Gasteiger partial charge is 0.240 e. The summed E-state index contributed by atoms with van der Waals surface area (Å²) in [5.41, 5.74) is 0.589. The molecule has 2 atom stereocenters. The highest BCUT2D eigenvalue weighted by Gasteiger charge is 2.18. The maximum atomic E-state index is 12.2. The summed E-state index contributed by atoms with van der Waals surface area (Å²) in [5, 5.41) is 2.80. The highest BCUT2D eigenvalue weighted by molar-refractivity contribution is 7.89. The molecule has 0 aliphatic heterocycles. The van der Waals surface area contributed by atoms with E-state index in [9.17, 15) is 13.2 Å². The van der Waals surface area contributed by atoms with Gasteiger partial charge in [-0.05, 0) is 49.9 Å². The molecule has 0 radical (unpaired) electrons. The molecule has 6 nitrogen and oxygen atoms in total. The number of carbonyl (C=O) groups is 1. The lowest BCUT2D eigenvalue weighted by molar-refractivity contribution is -0.116. The molecule has 0 saturated carbocycles. The molecule has 2 rings (SSSR count). The van der Waals surface area contributed by atoms with Gasteiger partial charge in [0.25, 0.3) is 0 Å². The predicted molar refractivity (Wildman–Crippen MR) is 93.2 cm³/mol. The normalized spacial score (nSPS) is 18.5. The number of methoxy groups -OCH3 is 1. The molecule has 2 N–H and O–H groups in total. The van der Waals surface area contributed by atoms with Crippen molar-refractivity contribution in [2.45, 2.75) is 37.1 Å². The van der Waals surface area contributed by atoms with E-state index in [2.05, 4.69) is 22.2 Å². The van der Waals surface area contributed by atoms with Gasteiger partial charge >= 0.3 is 0 Å². The lowest BCUT2D eigenvalue weighted by atomic mass is 10.1. The van der Waals surface area contributed by atoms with Gasteiger partial charge in [0, 0.05) is 25.3 Å². The Morgan fingerprint density at radius 1 is 1.33 bits per heavy atom. The molecule has 0 aromatic heterocycles. The molecule has 24 heavy (non-hydrogen) atoms. The van der Waals surface area contributed by atoms with Gasteiger partial charge in [-0.1, -0.05) is 12.2 Å². The summed E-state index contributed by atoms with van der Waals surface area (Å²) >= 11 is 0. The second-order valence-corrected chi connectivity index (χ2v) is 7.73. The maximum Gasteiger partial charge on any atom is 0.240 e. The van der Waals surface area contributed by atoms with E-state index in [-0.39, 0.29) is 16.8 Å². The minimum Gasteiger partial charge on any atom is -0.383 e. The summed E-state index contributed by atoms with van der Waals surface area (Å²) < 4.78 is 31.9. The van der Waals surface area contributed by atoms with Crippen molar-refractivity contribution >= 4 is 21.6 Å². The van der Waals surface area contributed by atoms with E-state index in [1.165, 1.54) is 19.2 Å². The lowest BCUT2D eigenvalue weighted by Gasteiger charge is -2.14. The van der Waals surface area contributed by atoms with E-state index in [0.29, 0.717) is 24.6 Å². The molecular weight excluding hydrogens is 328 g/mol. The number of carbonyl (C=O) groups excluding carboxylic acids is 1. The first-order chi connectivity index (χ1) is 11.4. The van der Waals surface area contributed by atoms with Crippen molar-refractivity contribution in [3.63, 3.8) is 0 Å². The summed E-state index contributed by atoms with van der Waals surface area (Å²) in [4.78, 5) is 12.1. The fourth-order valence-electron chi connectivity index (χ4n) is 2.65. The van der Waals surface area contributed by atoms with E-state index in [0.717, 1.165) is 12.8 Å². The van der Waals surface area contributed by atoms with Gasteiger partial charge in [0.15, 0.2) is 0 Å². The number of allylic oxidation sites excluding steroid dienone is 2. The Balaban J connectivity index is 1.94. The van der Waals surface area contributed by atoms with Crippen LogP contribution in [-0.4, -0.2) is 34.1 Å². The fourth-order valence-corrected chi connectivity index (χ4v) is 3.88. The summed E-state index contributed by atoms with van der Waals surface area (Å²) in [6.07, 6.45) is 6.65. The van der Waals surface area contributed by atoms with Crippen molar-refractivity contribution in [1.29, 1.82) is 0 Å². The van der Waals surface area contributed by atoms with Gasteiger partial charge in [0.2, 0.25) is 15.9 Å². The maximum absolute atomic E-state index is 12.2. The number of hydrogen-bond donors (Lipinski definition) is 2. The second kappa shape index (κ2) is 8.41. The number of anilines is 1. The van der Waals surface area contributed by atoms with Crippen LogP contribution in [0, 0.1) is 5.92 Å². The molecular formula is C17H24N2O4S. The minimum atomic E-state index is -3.60. The quantitative estimate of drug-likeness (QED) is 0.703. The SMILES string of the molecule is COC[C@@H](C)NS(=O)(=O)c1ccc(NC(=O)C[C@@H]2C=CCC2)cc1. The molecule has 0 unspecified atom stereocenters. The number of rotatable bonds is 8. The molecule has 7 heteroatoms. The summed E-state index contributed by atoms with van der Waals surface area (Å²) in [6, 6.07) is 5.83. The number of nitrogens with one attached hydrogen (secondary N) is 2. The molecule has 0 heterocycles. The molecule has 0 fully saturated rings. The van der Waals surface area contributed by atoms with Crippen molar-refractivity contribution in [2.75, 3.05) is 19.0 Å². The zero-order valence-electron chi connectivity index (χ0n) is 14.0. The Bertz CT molecular complexity index is 683. The first-order valence-corrected chi connectivity index (χ1v) is 9.47. The van der Waals surface area contributed by atoms with E-state index >= 15 is 0 Å². The molecule has 0 bridgehead atoms. The van der Waals surface area contributed by atoms with Crippen LogP contribution < -0.4 is 10.0 Å². The van der Waals surface area contributed by atoms with Gasteiger partial charge in [-0.3, -0.25) is 4.79 Å². The van der Waals surface area contributed by atoms with Crippen LogP contribution in [-0.2, 0) is 19.6 Å². The third-order valence-corrected chi connectivity index (χ3v) is 5.39. The molecule has 132 valence electrons. The van der Waals surface area contributed by atoms with Gasteiger partial charge in [0.1, 0.15) is 0 Å². The standard InChI is InChI=1S/C17H24N2O4S/c1-13(12-23-2)19-24(21,22)16-9-7-15(8-10-16)18-17(20)11-14-5-3-4-6-14/h3,5,7-10,13-14,19H,4,6,11-12H2,1-2H3,(H,18,20)/t13-,14-/m1/s1. The summed E-state index contributed by atoms with van der Waals surface area (Å²) in [7, 11) is -2.08. The molecule has 1 aromatic carbocycles. The average molecular weight is 352 g/mol. The van der Waals surface area contributed by atoms with Gasteiger partial charge < -0.3 is 10.1 Å². The van der Waals surface area contributed by atoms with Crippen LogP contribution in [0.1, 0.15) is 26.2 Å². The Hall–Kier alpha value is -1.70. The number of hydrogen-bond acceptors (Lipinski definition) is 4. The first kappa shape index (κ1) is 18.6. The largest absolute Gasteiger partial charge is 0.383 e. The topological polar surface area (TPSA) is 84.5 Å². The molecule has 0 spiro atoms. The van der Waals surface area contributed by atoms with Crippen LogP contribution in [0.25, 0.3) is 0 Å². The molecule has 1 aliphatic rings. The van der Waals surface area contributed by atoms with Crippen LogP contribution in [0.2, 0.25) is 0 Å². The van der Waals surface area contributed by atoms with Crippen molar-refractivity contribution in [2.24, 2.45) is 5.92 Å². The summed E-state index contributed by atoms with van der Waals surface area (Å²) in [5.74, 6) is 0.241. The molecule has 0 saturated heterocycles. The van der Waals surface area contributed by atoms with Crippen LogP contribution >= 0.6 is 0 Å². The zero-order chi connectivity index (χ0) is 17.6. The van der Waals surface area contributed by atoms with E-state index in [1.807, 2.05) is 0 Å². The van der Waals surface area contributed by atoms with E-state index < -0.39 is 10.0 Å². The lowest BCUT2D eigenvalue weighted by Crippen LogP contribution is -2.35. The third-order valence-electron chi connectivity index (χ3n) is 3.78. The molecule has 1 aromatic rings. The van der Waals surface area contributed by atoms with E-state index in [4.69, 9.17) is 4.74 Å². The van der Waals surface area contributed by atoms with Crippen molar-refractivity contribution in [1.82, 2.24) is 4.72 Å². The van der Waals surface area contributed by atoms with Crippen LogP contribution in [0.5, 0.6) is 0 Å². The number of sulfonamides is 1. The molecule has 1 amide bonds. The van der Waals surface area contributed by atoms with Crippen LogP contribution in [0.4, 0.5) is 5.69 Å². The number of ether oxygens (including phenoxy) is 1. The highest BCUT2D eigenvalue weighted by Crippen LogP contribution is 2.21. The zero-order valence-corrected chi connectivity index (χ0v) is 14.8. The highest BCUT2D eigenvalue weighted by atomic mass is 32.2. The van der Waals surface area contributed by atoms with Crippen molar-refractivity contribution in [3.05, 3.63) is 36.4 Å². The van der Waals surface area contributed by atoms with Crippen LogP contribution in [0.15, 0.2) is 41.3 Å². The monoisotopic (exact) mass is 352 g/mol. The third kappa shape index (κ3) is 5.43.